The molecule has 168 valence electrons. The number of benzene rings is 1. The fourth-order valence-electron chi connectivity index (χ4n) is 3.31. The topological polar surface area (TPSA) is 79.6 Å². The van der Waals surface area contributed by atoms with Gasteiger partial charge < -0.3 is 14.6 Å². The Bertz CT molecular complexity index is 1320. The van der Waals surface area contributed by atoms with Crippen LogP contribution in [0.4, 0.5) is 20.2 Å². The second-order valence-corrected chi connectivity index (χ2v) is 7.59. The third-order valence-corrected chi connectivity index (χ3v) is 5.22. The third kappa shape index (κ3) is 4.98. The maximum Gasteiger partial charge on any atom is 0.257 e. The molecule has 0 saturated heterocycles. The first-order valence-corrected chi connectivity index (χ1v) is 10.3. The molecule has 1 aromatic carbocycles. The molecule has 0 radical (unpaired) electrons. The molecule has 10 heteroatoms. The van der Waals surface area contributed by atoms with Gasteiger partial charge in [-0.25, -0.2) is 13.8 Å². The highest BCUT2D eigenvalue weighted by molar-refractivity contribution is 6.34. The normalized spacial score (nSPS) is 11.1. The number of halogens is 3. The number of aromatic nitrogens is 3. The highest BCUT2D eigenvalue weighted by atomic mass is 35.5. The minimum absolute atomic E-state index is 0.140. The molecule has 0 fully saturated rings. The molecule has 0 bridgehead atoms. The van der Waals surface area contributed by atoms with Crippen molar-refractivity contribution in [1.82, 2.24) is 14.4 Å². The van der Waals surface area contributed by atoms with Crippen LogP contribution in [-0.2, 0) is 4.79 Å². The largest absolute Gasteiger partial charge is 0.322 e. The molecule has 7 nitrogen and oxygen atoms in total. The summed E-state index contributed by atoms with van der Waals surface area (Å²) in [6.45, 7) is 0.454. The van der Waals surface area contributed by atoms with Crippen molar-refractivity contribution in [3.05, 3.63) is 77.8 Å². The Morgan fingerprint density at radius 2 is 1.94 bits per heavy atom. The standard InChI is InChI=1S/C23H18ClF2N5O2/c1-14(32)31(13-21(25)26)20-5-3-15(10-18(20)24)19-4-2-16(12-28-19)23(33)29-17-6-8-30-9-7-27-22(30)11-17/h2-12,21H,13H2,1H3,(H,29,33). The number of nitrogens with zero attached hydrogens (tertiary/aromatic N) is 4. The number of carbonyl (C=O) groups is 2. The number of imidazole rings is 1. The zero-order valence-corrected chi connectivity index (χ0v) is 18.1. The summed E-state index contributed by atoms with van der Waals surface area (Å²) < 4.78 is 27.5. The minimum Gasteiger partial charge on any atom is -0.322 e. The predicted octanol–water partition coefficient (Wildman–Crippen LogP) is 4.92. The number of anilines is 2. The first kappa shape index (κ1) is 22.3. The number of hydrogen-bond acceptors (Lipinski definition) is 4. The van der Waals surface area contributed by atoms with E-state index in [2.05, 4.69) is 15.3 Å². The first-order chi connectivity index (χ1) is 15.8. The van der Waals surface area contributed by atoms with Gasteiger partial charge >= 0.3 is 0 Å². The summed E-state index contributed by atoms with van der Waals surface area (Å²) in [6, 6.07) is 11.4. The number of alkyl halides is 2. The van der Waals surface area contributed by atoms with Crippen molar-refractivity contribution in [3.63, 3.8) is 0 Å². The Balaban J connectivity index is 1.50. The van der Waals surface area contributed by atoms with E-state index in [9.17, 15) is 18.4 Å². The Labute approximate surface area is 192 Å². The Morgan fingerprint density at radius 3 is 2.61 bits per heavy atom. The van der Waals surface area contributed by atoms with Gasteiger partial charge in [-0.05, 0) is 30.3 Å². The molecule has 1 N–H and O–H groups in total. The van der Waals surface area contributed by atoms with Crippen molar-refractivity contribution < 1.29 is 18.4 Å². The number of fused-ring (bicyclic) bond motifs is 1. The molecule has 3 heterocycles. The van der Waals surface area contributed by atoms with Gasteiger partial charge in [-0.1, -0.05) is 17.7 Å². The molecule has 4 rings (SSSR count). The lowest BCUT2D eigenvalue weighted by Gasteiger charge is -2.22. The van der Waals surface area contributed by atoms with Crippen LogP contribution in [0.15, 0.2) is 67.3 Å². The fourth-order valence-corrected chi connectivity index (χ4v) is 3.59. The molecule has 0 unspecified atom stereocenters. The average Bonchev–Trinajstić information content (AvgIpc) is 3.25. The quantitative estimate of drug-likeness (QED) is 0.434. The van der Waals surface area contributed by atoms with Crippen molar-refractivity contribution in [3.8, 4) is 11.3 Å². The molecule has 33 heavy (non-hydrogen) atoms. The smallest absolute Gasteiger partial charge is 0.257 e. The summed E-state index contributed by atoms with van der Waals surface area (Å²) >= 11 is 6.27. The summed E-state index contributed by atoms with van der Waals surface area (Å²) in [7, 11) is 0. The van der Waals surface area contributed by atoms with E-state index in [1.54, 1.807) is 55.0 Å². The SMILES string of the molecule is CC(=O)N(CC(F)F)c1ccc(-c2ccc(C(=O)Nc3ccn4ccnc4c3)cn2)cc1Cl. The van der Waals surface area contributed by atoms with Gasteiger partial charge in [-0.2, -0.15) is 0 Å². The van der Waals surface area contributed by atoms with Crippen LogP contribution in [0.2, 0.25) is 5.02 Å². The second kappa shape index (κ2) is 9.33. The van der Waals surface area contributed by atoms with Crippen LogP contribution in [0.5, 0.6) is 0 Å². The Kier molecular flexibility index (Phi) is 6.32. The Morgan fingerprint density at radius 1 is 1.12 bits per heavy atom. The lowest BCUT2D eigenvalue weighted by molar-refractivity contribution is -0.117. The molecule has 0 aliphatic heterocycles. The van der Waals surface area contributed by atoms with E-state index in [0.29, 0.717) is 28.2 Å². The van der Waals surface area contributed by atoms with Gasteiger partial charge in [-0.3, -0.25) is 14.6 Å². The summed E-state index contributed by atoms with van der Waals surface area (Å²) in [4.78, 5) is 33.7. The van der Waals surface area contributed by atoms with E-state index in [4.69, 9.17) is 11.6 Å². The van der Waals surface area contributed by atoms with Crippen LogP contribution >= 0.6 is 11.6 Å². The van der Waals surface area contributed by atoms with Gasteiger partial charge in [0.05, 0.1) is 28.5 Å². The van der Waals surface area contributed by atoms with Crippen molar-refractivity contribution in [2.75, 3.05) is 16.8 Å². The summed E-state index contributed by atoms with van der Waals surface area (Å²) in [5.74, 6) is -0.868. The minimum atomic E-state index is -2.69. The van der Waals surface area contributed by atoms with Gasteiger partial charge in [0.25, 0.3) is 12.3 Å². The number of amides is 2. The molecule has 4 aromatic rings. The van der Waals surface area contributed by atoms with E-state index in [0.717, 1.165) is 4.90 Å². The van der Waals surface area contributed by atoms with Crippen molar-refractivity contribution in [1.29, 1.82) is 0 Å². The van der Waals surface area contributed by atoms with Crippen LogP contribution in [0, 0.1) is 0 Å². The number of rotatable bonds is 6. The average molecular weight is 470 g/mol. The van der Waals surface area contributed by atoms with E-state index in [1.807, 2.05) is 4.40 Å². The van der Waals surface area contributed by atoms with Crippen LogP contribution < -0.4 is 10.2 Å². The van der Waals surface area contributed by atoms with E-state index in [-0.39, 0.29) is 16.6 Å². The first-order valence-electron chi connectivity index (χ1n) is 9.88. The molecule has 0 spiro atoms. The maximum atomic E-state index is 12.8. The lowest BCUT2D eigenvalue weighted by atomic mass is 10.1. The van der Waals surface area contributed by atoms with Crippen LogP contribution in [-0.4, -0.2) is 39.2 Å². The van der Waals surface area contributed by atoms with Gasteiger partial charge in [-0.15, -0.1) is 0 Å². The monoisotopic (exact) mass is 469 g/mol. The van der Waals surface area contributed by atoms with E-state index < -0.39 is 18.9 Å². The predicted molar refractivity (Wildman–Crippen MR) is 122 cm³/mol. The van der Waals surface area contributed by atoms with Crippen molar-refractivity contribution >= 4 is 40.4 Å². The molecule has 0 atom stereocenters. The van der Waals surface area contributed by atoms with Crippen LogP contribution in [0.3, 0.4) is 0 Å². The van der Waals surface area contributed by atoms with Gasteiger partial charge in [0, 0.05) is 49.0 Å². The van der Waals surface area contributed by atoms with Crippen LogP contribution in [0.25, 0.3) is 16.9 Å². The van der Waals surface area contributed by atoms with Crippen LogP contribution in [0.1, 0.15) is 17.3 Å². The molecule has 2 amide bonds. The highest BCUT2D eigenvalue weighted by Gasteiger charge is 2.20. The van der Waals surface area contributed by atoms with Gasteiger partial charge in [0.15, 0.2) is 0 Å². The van der Waals surface area contributed by atoms with E-state index >= 15 is 0 Å². The number of pyridine rings is 2. The second-order valence-electron chi connectivity index (χ2n) is 7.18. The summed E-state index contributed by atoms with van der Waals surface area (Å²) in [6.07, 6.45) is 4.00. The summed E-state index contributed by atoms with van der Waals surface area (Å²) in [5, 5.41) is 2.94. The molecule has 0 aliphatic rings. The lowest BCUT2D eigenvalue weighted by Crippen LogP contribution is -2.33. The van der Waals surface area contributed by atoms with E-state index in [1.165, 1.54) is 19.2 Å². The molecule has 0 saturated carbocycles. The van der Waals surface area contributed by atoms with Gasteiger partial charge in [0.1, 0.15) is 5.65 Å². The number of carbonyl (C=O) groups excluding carboxylic acids is 2. The molecular formula is C23H18ClF2N5O2. The third-order valence-electron chi connectivity index (χ3n) is 4.92. The number of hydrogen-bond donors (Lipinski definition) is 1. The zero-order chi connectivity index (χ0) is 23.5. The van der Waals surface area contributed by atoms with Crippen molar-refractivity contribution in [2.45, 2.75) is 13.3 Å². The van der Waals surface area contributed by atoms with Gasteiger partial charge in [0.2, 0.25) is 5.91 Å². The molecule has 3 aromatic heterocycles. The molecular weight excluding hydrogens is 452 g/mol. The number of nitrogens with one attached hydrogen (secondary N) is 1. The summed E-state index contributed by atoms with van der Waals surface area (Å²) in [5.41, 5.74) is 2.99. The highest BCUT2D eigenvalue weighted by Crippen LogP contribution is 2.31. The maximum absolute atomic E-state index is 12.8. The Hall–Kier alpha value is -3.85. The zero-order valence-electron chi connectivity index (χ0n) is 17.4. The molecule has 0 aliphatic carbocycles. The van der Waals surface area contributed by atoms with Crippen molar-refractivity contribution in [2.24, 2.45) is 0 Å². The fraction of sp³-hybridized carbons (Fsp3) is 0.130.